The Hall–Kier alpha value is -2.81. The molecule has 8 nitrogen and oxygen atoms in total. The van der Waals surface area contributed by atoms with E-state index in [4.69, 9.17) is 23.2 Å². The minimum Gasteiger partial charge on any atom is -0.387 e. The van der Waals surface area contributed by atoms with Gasteiger partial charge in [-0.3, -0.25) is 0 Å². The summed E-state index contributed by atoms with van der Waals surface area (Å²) >= 11 is 12.5. The van der Waals surface area contributed by atoms with E-state index < -0.39 is 6.10 Å². The Labute approximate surface area is 163 Å². The number of hydrogen-bond donors (Lipinski definition) is 3. The minimum atomic E-state index is -0.708. The lowest BCUT2D eigenvalue weighted by molar-refractivity contribution is 0.194. The van der Waals surface area contributed by atoms with Gasteiger partial charge in [0, 0.05) is 6.07 Å². The molecule has 3 aromatic heterocycles. The summed E-state index contributed by atoms with van der Waals surface area (Å²) in [7, 11) is 0. The first-order valence-corrected chi connectivity index (χ1v) is 8.70. The first-order chi connectivity index (χ1) is 13.0. The molecule has 10 heteroatoms. The molecule has 0 saturated heterocycles. The normalized spacial score (nSPS) is 12.3. The quantitative estimate of drug-likeness (QED) is 0.474. The highest BCUT2D eigenvalue weighted by Crippen LogP contribution is 2.34. The first kappa shape index (κ1) is 17.6. The molecule has 0 spiro atoms. The molecule has 136 valence electrons. The van der Waals surface area contributed by atoms with Crippen LogP contribution in [0.5, 0.6) is 0 Å². The number of anilines is 2. The zero-order valence-corrected chi connectivity index (χ0v) is 15.5. The zero-order chi connectivity index (χ0) is 19.0. The highest BCUT2D eigenvalue weighted by Gasteiger charge is 2.16. The van der Waals surface area contributed by atoms with E-state index in [1.807, 2.05) is 0 Å². The fraction of sp³-hybridized carbons (Fsp3) is 0.118. The Balaban J connectivity index is 1.77. The van der Waals surface area contributed by atoms with Gasteiger partial charge in [0.2, 0.25) is 0 Å². The van der Waals surface area contributed by atoms with E-state index in [-0.39, 0.29) is 0 Å². The smallest absolute Gasteiger partial charge is 0.183 e. The van der Waals surface area contributed by atoms with Crippen molar-refractivity contribution in [1.82, 2.24) is 29.9 Å². The van der Waals surface area contributed by atoms with Crippen LogP contribution < -0.4 is 5.32 Å². The third-order valence-corrected chi connectivity index (χ3v) is 4.48. The fourth-order valence-electron chi connectivity index (χ4n) is 2.56. The third kappa shape index (κ3) is 3.42. The van der Waals surface area contributed by atoms with Crippen LogP contribution in [0, 0.1) is 0 Å². The summed E-state index contributed by atoms with van der Waals surface area (Å²) in [6.07, 6.45) is 2.05. The average Bonchev–Trinajstić information content (AvgIpc) is 3.06. The maximum absolute atomic E-state index is 9.68. The van der Waals surface area contributed by atoms with Crippen LogP contribution in [0.3, 0.4) is 0 Å². The van der Waals surface area contributed by atoms with Crippen LogP contribution in [0.15, 0.2) is 36.9 Å². The summed E-state index contributed by atoms with van der Waals surface area (Å²) in [5.41, 5.74) is 2.10. The Morgan fingerprint density at radius 3 is 2.56 bits per heavy atom. The molecule has 1 atom stereocenters. The van der Waals surface area contributed by atoms with Crippen LogP contribution in [0.25, 0.3) is 22.6 Å². The number of imidazole rings is 1. The first-order valence-electron chi connectivity index (χ1n) is 7.95. The Morgan fingerprint density at radius 2 is 1.81 bits per heavy atom. The van der Waals surface area contributed by atoms with Crippen molar-refractivity contribution in [3.05, 3.63) is 52.7 Å². The highest BCUT2D eigenvalue weighted by molar-refractivity contribution is 6.39. The second-order valence-electron chi connectivity index (χ2n) is 5.73. The number of fused-ring (bicyclic) bond motifs is 1. The molecule has 0 aliphatic carbocycles. The van der Waals surface area contributed by atoms with Crippen LogP contribution in [-0.2, 0) is 0 Å². The summed E-state index contributed by atoms with van der Waals surface area (Å²) in [5.74, 6) is 1.43. The predicted octanol–water partition coefficient (Wildman–Crippen LogP) is 3.91. The Morgan fingerprint density at radius 1 is 1.07 bits per heavy atom. The number of aromatic amines is 1. The number of benzene rings is 1. The van der Waals surface area contributed by atoms with Crippen molar-refractivity contribution in [3.8, 4) is 11.4 Å². The zero-order valence-electron chi connectivity index (χ0n) is 14.0. The van der Waals surface area contributed by atoms with Crippen LogP contribution >= 0.6 is 23.2 Å². The van der Waals surface area contributed by atoms with Gasteiger partial charge in [0.15, 0.2) is 11.5 Å². The summed E-state index contributed by atoms with van der Waals surface area (Å²) in [4.78, 5) is 24.2. The molecular weight excluding hydrogens is 389 g/mol. The van der Waals surface area contributed by atoms with Crippen molar-refractivity contribution in [1.29, 1.82) is 0 Å². The van der Waals surface area contributed by atoms with Gasteiger partial charge in [-0.15, -0.1) is 0 Å². The van der Waals surface area contributed by atoms with E-state index in [1.165, 1.54) is 12.7 Å². The van der Waals surface area contributed by atoms with Gasteiger partial charge >= 0.3 is 0 Å². The molecule has 0 amide bonds. The molecule has 3 heterocycles. The number of H-pyrrole nitrogens is 1. The lowest BCUT2D eigenvalue weighted by atomic mass is 10.2. The van der Waals surface area contributed by atoms with Gasteiger partial charge in [-0.25, -0.2) is 24.9 Å². The van der Waals surface area contributed by atoms with E-state index in [0.29, 0.717) is 49.9 Å². The number of hydrogen-bond acceptors (Lipinski definition) is 7. The van der Waals surface area contributed by atoms with Crippen molar-refractivity contribution < 1.29 is 5.11 Å². The van der Waals surface area contributed by atoms with Crippen molar-refractivity contribution in [2.75, 3.05) is 5.32 Å². The van der Waals surface area contributed by atoms with Crippen molar-refractivity contribution in [2.45, 2.75) is 13.0 Å². The third-order valence-electron chi connectivity index (χ3n) is 3.85. The van der Waals surface area contributed by atoms with Gasteiger partial charge in [0.1, 0.15) is 29.8 Å². The molecule has 0 saturated carbocycles. The fourth-order valence-corrected chi connectivity index (χ4v) is 3.13. The van der Waals surface area contributed by atoms with Crippen LogP contribution in [0.2, 0.25) is 10.0 Å². The molecule has 0 unspecified atom stereocenters. The number of aliphatic hydroxyl groups excluding tert-OH is 1. The van der Waals surface area contributed by atoms with Gasteiger partial charge in [0.05, 0.1) is 27.4 Å². The highest BCUT2D eigenvalue weighted by atomic mass is 35.5. The van der Waals surface area contributed by atoms with Crippen LogP contribution in [0.1, 0.15) is 18.7 Å². The van der Waals surface area contributed by atoms with Crippen LogP contribution in [-0.4, -0.2) is 35.0 Å². The SMILES string of the molecule is C[C@@H](O)c1cc(Nc2ncnc3nc(-c4c(Cl)cccc4Cl)[nH]c23)ncn1. The van der Waals surface area contributed by atoms with Crippen LogP contribution in [0.4, 0.5) is 11.6 Å². The van der Waals surface area contributed by atoms with Gasteiger partial charge in [0.25, 0.3) is 0 Å². The second-order valence-corrected chi connectivity index (χ2v) is 6.55. The summed E-state index contributed by atoms with van der Waals surface area (Å²) < 4.78 is 0. The lowest BCUT2D eigenvalue weighted by Gasteiger charge is -2.07. The number of halogens is 2. The second kappa shape index (κ2) is 7.07. The predicted molar refractivity (Wildman–Crippen MR) is 103 cm³/mol. The number of nitrogens with zero attached hydrogens (tertiary/aromatic N) is 5. The number of rotatable bonds is 4. The number of aromatic nitrogens is 6. The van der Waals surface area contributed by atoms with Gasteiger partial charge < -0.3 is 15.4 Å². The molecule has 3 N–H and O–H groups in total. The number of nitrogens with one attached hydrogen (secondary N) is 2. The van der Waals surface area contributed by atoms with E-state index in [0.717, 1.165) is 0 Å². The summed E-state index contributed by atoms with van der Waals surface area (Å²) in [5, 5.41) is 13.7. The topological polar surface area (TPSA) is 112 Å². The standard InChI is InChI=1S/C17H13Cl2N7O/c1-8(27)11-5-12(21-6-20-11)24-16-14-17(23-7-22-16)26-15(25-14)13-9(18)3-2-4-10(13)19/h2-8,27H,1H3,(H2,20,21,22,23,24,25,26)/t8-/m1/s1. The molecule has 0 bridgehead atoms. The Kier molecular flexibility index (Phi) is 4.61. The Bertz CT molecular complexity index is 1110. The molecule has 0 radical (unpaired) electrons. The van der Waals surface area contributed by atoms with Crippen molar-refractivity contribution >= 4 is 46.0 Å². The molecule has 27 heavy (non-hydrogen) atoms. The molecule has 4 aromatic rings. The van der Waals surface area contributed by atoms with Gasteiger partial charge in [-0.05, 0) is 19.1 Å². The maximum atomic E-state index is 9.68. The summed E-state index contributed by atoms with van der Waals surface area (Å²) in [6.45, 7) is 1.63. The van der Waals surface area contributed by atoms with E-state index in [9.17, 15) is 5.11 Å². The summed E-state index contributed by atoms with van der Waals surface area (Å²) in [6, 6.07) is 6.87. The van der Waals surface area contributed by atoms with Gasteiger partial charge in [-0.1, -0.05) is 29.3 Å². The molecule has 4 rings (SSSR count). The van der Waals surface area contributed by atoms with E-state index in [1.54, 1.807) is 31.2 Å². The van der Waals surface area contributed by atoms with Crippen molar-refractivity contribution in [2.24, 2.45) is 0 Å². The maximum Gasteiger partial charge on any atom is 0.183 e. The monoisotopic (exact) mass is 401 g/mol. The number of aliphatic hydroxyl groups is 1. The van der Waals surface area contributed by atoms with E-state index >= 15 is 0 Å². The molecule has 0 aliphatic rings. The minimum absolute atomic E-state index is 0.447. The van der Waals surface area contributed by atoms with Gasteiger partial charge in [-0.2, -0.15) is 0 Å². The average molecular weight is 402 g/mol. The molecule has 0 aliphatic heterocycles. The lowest BCUT2D eigenvalue weighted by Crippen LogP contribution is -2.02. The largest absolute Gasteiger partial charge is 0.387 e. The van der Waals surface area contributed by atoms with E-state index in [2.05, 4.69) is 35.2 Å². The molecule has 1 aromatic carbocycles. The molecular formula is C17H13Cl2N7O. The van der Waals surface area contributed by atoms with Crippen molar-refractivity contribution in [3.63, 3.8) is 0 Å². The molecule has 0 fully saturated rings.